The first-order valence-corrected chi connectivity index (χ1v) is 10.8. The van der Waals surface area contributed by atoms with Crippen molar-refractivity contribution in [2.45, 2.75) is 69.7 Å². The van der Waals surface area contributed by atoms with Crippen molar-refractivity contribution in [3.8, 4) is 0 Å². The van der Waals surface area contributed by atoms with Gasteiger partial charge in [-0.15, -0.1) is 0 Å². The Hall–Kier alpha value is -1.66. The van der Waals surface area contributed by atoms with E-state index in [0.29, 0.717) is 11.4 Å². The molecule has 5 nitrogen and oxygen atoms in total. The van der Waals surface area contributed by atoms with E-state index in [0.717, 1.165) is 42.7 Å². The normalized spacial score (nSPS) is 19.2. The van der Waals surface area contributed by atoms with Crippen LogP contribution in [0.25, 0.3) is 0 Å². The van der Waals surface area contributed by atoms with Crippen LogP contribution in [0.4, 0.5) is 0 Å². The van der Waals surface area contributed by atoms with Gasteiger partial charge in [0, 0.05) is 19.0 Å². The zero-order valence-corrected chi connectivity index (χ0v) is 16.8. The van der Waals surface area contributed by atoms with Crippen molar-refractivity contribution in [3.05, 3.63) is 47.3 Å². The Bertz CT molecular complexity index is 848. The molecule has 1 aromatic heterocycles. The predicted molar refractivity (Wildman–Crippen MR) is 102 cm³/mol. The van der Waals surface area contributed by atoms with Crippen molar-refractivity contribution < 1.29 is 12.9 Å². The molecule has 142 valence electrons. The molecule has 1 aliphatic heterocycles. The predicted octanol–water partition coefficient (Wildman–Crippen LogP) is 4.45. The minimum absolute atomic E-state index is 0.00510. The molecule has 0 amide bonds. The van der Waals surface area contributed by atoms with E-state index in [2.05, 4.69) is 32.9 Å². The Balaban J connectivity index is 1.87. The lowest BCUT2D eigenvalue weighted by Crippen LogP contribution is -2.31. The topological polar surface area (TPSA) is 63.4 Å². The summed E-state index contributed by atoms with van der Waals surface area (Å²) in [7, 11) is -3.55. The van der Waals surface area contributed by atoms with E-state index in [-0.39, 0.29) is 11.5 Å². The number of aryl methyl sites for hydroxylation is 1. The SMILES string of the molecule is CCCc1cc(C2CCCN2S(=O)(=O)c2ccc(C(C)(C)C)cc2)no1. The minimum atomic E-state index is -3.55. The Morgan fingerprint density at radius 3 is 2.54 bits per heavy atom. The Kier molecular flexibility index (Phi) is 5.26. The van der Waals surface area contributed by atoms with Crippen LogP contribution in [-0.2, 0) is 21.9 Å². The van der Waals surface area contributed by atoms with E-state index in [1.54, 1.807) is 16.4 Å². The lowest BCUT2D eigenvalue weighted by Gasteiger charge is -2.23. The summed E-state index contributed by atoms with van der Waals surface area (Å²) in [5, 5.41) is 4.14. The van der Waals surface area contributed by atoms with Crippen LogP contribution in [0.1, 0.15) is 70.0 Å². The average molecular weight is 377 g/mol. The summed E-state index contributed by atoms with van der Waals surface area (Å²) in [4.78, 5) is 0.342. The molecule has 0 radical (unpaired) electrons. The van der Waals surface area contributed by atoms with Gasteiger partial charge in [0.05, 0.1) is 10.9 Å². The van der Waals surface area contributed by atoms with Gasteiger partial charge in [0.1, 0.15) is 11.5 Å². The molecule has 1 atom stereocenters. The molecule has 1 saturated heterocycles. The summed E-state index contributed by atoms with van der Waals surface area (Å²) in [6, 6.07) is 8.93. The van der Waals surface area contributed by atoms with Crippen molar-refractivity contribution in [1.82, 2.24) is 9.46 Å². The van der Waals surface area contributed by atoms with Gasteiger partial charge >= 0.3 is 0 Å². The molecule has 26 heavy (non-hydrogen) atoms. The Morgan fingerprint density at radius 1 is 1.23 bits per heavy atom. The summed E-state index contributed by atoms with van der Waals surface area (Å²) in [5.74, 6) is 0.821. The van der Waals surface area contributed by atoms with Gasteiger partial charge in [-0.3, -0.25) is 0 Å². The van der Waals surface area contributed by atoms with Crippen molar-refractivity contribution in [2.24, 2.45) is 0 Å². The van der Waals surface area contributed by atoms with Crippen LogP contribution < -0.4 is 0 Å². The molecule has 0 aliphatic carbocycles. The highest BCUT2D eigenvalue weighted by Gasteiger charge is 2.38. The summed E-state index contributed by atoms with van der Waals surface area (Å²) < 4.78 is 33.3. The molecule has 2 aromatic rings. The van der Waals surface area contributed by atoms with Gasteiger partial charge in [0.2, 0.25) is 10.0 Å². The van der Waals surface area contributed by atoms with Crippen LogP contribution in [0.15, 0.2) is 39.8 Å². The zero-order chi connectivity index (χ0) is 18.9. The fraction of sp³-hybridized carbons (Fsp3) is 0.550. The van der Waals surface area contributed by atoms with E-state index in [4.69, 9.17) is 4.52 Å². The third kappa shape index (κ3) is 3.71. The summed E-state index contributed by atoms with van der Waals surface area (Å²) in [6.45, 7) is 8.95. The van der Waals surface area contributed by atoms with E-state index >= 15 is 0 Å². The summed E-state index contributed by atoms with van der Waals surface area (Å²) in [5.41, 5.74) is 1.84. The van der Waals surface area contributed by atoms with Crippen molar-refractivity contribution in [3.63, 3.8) is 0 Å². The van der Waals surface area contributed by atoms with Gasteiger partial charge < -0.3 is 4.52 Å². The van der Waals surface area contributed by atoms with Crippen LogP contribution in [-0.4, -0.2) is 24.4 Å². The van der Waals surface area contributed by atoms with E-state index in [1.165, 1.54) is 0 Å². The van der Waals surface area contributed by atoms with Crippen molar-refractivity contribution >= 4 is 10.0 Å². The van der Waals surface area contributed by atoms with Gasteiger partial charge in [-0.2, -0.15) is 4.31 Å². The minimum Gasteiger partial charge on any atom is -0.361 e. The highest BCUT2D eigenvalue weighted by molar-refractivity contribution is 7.89. The van der Waals surface area contributed by atoms with Crippen molar-refractivity contribution in [1.29, 1.82) is 0 Å². The van der Waals surface area contributed by atoms with Gasteiger partial charge in [0.25, 0.3) is 0 Å². The number of benzene rings is 1. The van der Waals surface area contributed by atoms with Gasteiger partial charge in [-0.05, 0) is 42.4 Å². The molecule has 0 spiro atoms. The molecule has 0 N–H and O–H groups in total. The molecule has 1 fully saturated rings. The van der Waals surface area contributed by atoms with Crippen LogP contribution in [0, 0.1) is 0 Å². The highest BCUT2D eigenvalue weighted by Crippen LogP contribution is 2.36. The maximum absolute atomic E-state index is 13.2. The highest BCUT2D eigenvalue weighted by atomic mass is 32.2. The second kappa shape index (κ2) is 7.16. The lowest BCUT2D eigenvalue weighted by molar-refractivity contribution is 0.343. The monoisotopic (exact) mass is 376 g/mol. The molecule has 2 heterocycles. The van der Waals surface area contributed by atoms with Gasteiger partial charge in [-0.1, -0.05) is 45.0 Å². The van der Waals surface area contributed by atoms with Crippen LogP contribution in [0.2, 0.25) is 0 Å². The molecule has 6 heteroatoms. The molecule has 1 aromatic carbocycles. The Labute approximate surface area is 156 Å². The molecular formula is C20H28N2O3S. The van der Waals surface area contributed by atoms with Crippen LogP contribution in [0.3, 0.4) is 0 Å². The maximum atomic E-state index is 13.2. The maximum Gasteiger partial charge on any atom is 0.243 e. The second-order valence-electron chi connectivity index (χ2n) is 8.02. The van der Waals surface area contributed by atoms with Crippen LogP contribution in [0.5, 0.6) is 0 Å². The second-order valence-corrected chi connectivity index (χ2v) is 9.91. The fourth-order valence-corrected chi connectivity index (χ4v) is 5.10. The first kappa shape index (κ1) is 19.1. The quantitative estimate of drug-likeness (QED) is 0.773. The van der Waals surface area contributed by atoms with Crippen molar-refractivity contribution in [2.75, 3.05) is 6.54 Å². The Morgan fingerprint density at radius 2 is 1.92 bits per heavy atom. The first-order valence-electron chi connectivity index (χ1n) is 9.31. The smallest absolute Gasteiger partial charge is 0.243 e. The molecule has 0 bridgehead atoms. The standard InChI is InChI=1S/C20H28N2O3S/c1-5-7-16-14-18(21-25-16)19-8-6-13-22(19)26(23,24)17-11-9-15(10-12-17)20(2,3)4/h9-12,14,19H,5-8,13H2,1-4H3. The fourth-order valence-electron chi connectivity index (χ4n) is 3.44. The number of hydrogen-bond acceptors (Lipinski definition) is 4. The van der Waals surface area contributed by atoms with E-state index in [9.17, 15) is 8.42 Å². The molecule has 3 rings (SSSR count). The lowest BCUT2D eigenvalue weighted by atomic mass is 9.87. The summed E-state index contributed by atoms with van der Waals surface area (Å²) >= 11 is 0. The van der Waals surface area contributed by atoms with E-state index in [1.807, 2.05) is 18.2 Å². The van der Waals surface area contributed by atoms with Gasteiger partial charge in [0.15, 0.2) is 0 Å². The molecule has 0 saturated carbocycles. The van der Waals surface area contributed by atoms with Gasteiger partial charge in [-0.25, -0.2) is 8.42 Å². The molecule has 1 aliphatic rings. The molecular weight excluding hydrogens is 348 g/mol. The summed E-state index contributed by atoms with van der Waals surface area (Å²) in [6.07, 6.45) is 3.40. The average Bonchev–Trinajstić information content (AvgIpc) is 3.23. The third-order valence-corrected chi connectivity index (χ3v) is 6.87. The largest absolute Gasteiger partial charge is 0.361 e. The first-order chi connectivity index (χ1) is 12.2. The zero-order valence-electron chi connectivity index (χ0n) is 16.0. The third-order valence-electron chi connectivity index (χ3n) is 4.95. The van der Waals surface area contributed by atoms with E-state index < -0.39 is 10.0 Å². The number of rotatable bonds is 5. The number of nitrogens with zero attached hydrogens (tertiary/aromatic N) is 2. The number of hydrogen-bond donors (Lipinski definition) is 0. The van der Waals surface area contributed by atoms with Crippen LogP contribution >= 0.6 is 0 Å². The molecule has 1 unspecified atom stereocenters. The number of sulfonamides is 1. The number of aromatic nitrogens is 1.